The van der Waals surface area contributed by atoms with Crippen molar-refractivity contribution in [3.05, 3.63) is 64.7 Å². The Morgan fingerprint density at radius 1 is 1.00 bits per heavy atom. The largest absolute Gasteiger partial charge is 0.338 e. The Kier molecular flexibility index (Phi) is 7.13. The lowest BCUT2D eigenvalue weighted by Crippen LogP contribution is -2.44. The molecule has 3 amide bonds. The average Bonchev–Trinajstić information content (AvgIpc) is 2.79. The molecule has 2 aromatic carbocycles. The number of urea groups is 1. The van der Waals surface area contributed by atoms with Crippen molar-refractivity contribution in [1.29, 1.82) is 0 Å². The molecule has 1 saturated carbocycles. The van der Waals surface area contributed by atoms with Crippen LogP contribution in [0.4, 0.5) is 10.5 Å². The maximum Gasteiger partial charge on any atom is 0.319 e. The molecule has 2 aliphatic rings. The monoisotopic (exact) mass is 439 g/mol. The van der Waals surface area contributed by atoms with Crippen LogP contribution in [0.1, 0.15) is 48.0 Å². The first-order chi connectivity index (χ1) is 15.1. The first-order valence-electron chi connectivity index (χ1n) is 11.3. The zero-order valence-corrected chi connectivity index (χ0v) is 18.5. The Morgan fingerprint density at radius 3 is 2.55 bits per heavy atom. The van der Waals surface area contributed by atoms with Gasteiger partial charge in [-0.25, -0.2) is 4.79 Å². The van der Waals surface area contributed by atoms with Crippen LogP contribution in [-0.4, -0.2) is 36.5 Å². The van der Waals surface area contributed by atoms with Gasteiger partial charge in [0.05, 0.1) is 10.6 Å². The highest BCUT2D eigenvalue weighted by atomic mass is 35.5. The molecule has 0 unspecified atom stereocenters. The van der Waals surface area contributed by atoms with Gasteiger partial charge in [-0.1, -0.05) is 61.2 Å². The number of carbonyl (C=O) groups excluding carboxylic acids is 2. The molecule has 2 aromatic rings. The molecule has 1 heterocycles. The molecule has 4 rings (SSSR count). The van der Waals surface area contributed by atoms with E-state index in [9.17, 15) is 9.59 Å². The summed E-state index contributed by atoms with van der Waals surface area (Å²) in [6, 6.07) is 14.8. The number of piperidine rings is 1. The van der Waals surface area contributed by atoms with E-state index in [4.69, 9.17) is 11.6 Å². The van der Waals surface area contributed by atoms with Crippen molar-refractivity contribution in [3.8, 4) is 0 Å². The molecule has 6 heteroatoms. The van der Waals surface area contributed by atoms with Crippen LogP contribution >= 0.6 is 11.6 Å². The van der Waals surface area contributed by atoms with Gasteiger partial charge in [-0.05, 0) is 54.9 Å². The summed E-state index contributed by atoms with van der Waals surface area (Å²) in [5.74, 6) is 1.40. The number of hydrogen-bond donors (Lipinski definition) is 2. The molecule has 2 fully saturated rings. The van der Waals surface area contributed by atoms with Crippen molar-refractivity contribution in [2.45, 2.75) is 38.5 Å². The Labute approximate surface area is 189 Å². The molecule has 2 atom stereocenters. The van der Waals surface area contributed by atoms with Gasteiger partial charge in [-0.3, -0.25) is 4.79 Å². The average molecular weight is 440 g/mol. The molecule has 2 N–H and O–H groups in total. The summed E-state index contributed by atoms with van der Waals surface area (Å²) >= 11 is 6.43. The number of halogens is 1. The number of carbonyl (C=O) groups is 2. The van der Waals surface area contributed by atoms with Gasteiger partial charge in [0.2, 0.25) is 0 Å². The van der Waals surface area contributed by atoms with Gasteiger partial charge < -0.3 is 15.5 Å². The number of nitrogens with one attached hydrogen (secondary N) is 2. The van der Waals surface area contributed by atoms with E-state index in [-0.39, 0.29) is 11.9 Å². The number of benzene rings is 2. The van der Waals surface area contributed by atoms with Crippen molar-refractivity contribution < 1.29 is 9.59 Å². The van der Waals surface area contributed by atoms with Crippen molar-refractivity contribution in [2.24, 2.45) is 11.8 Å². The van der Waals surface area contributed by atoms with E-state index in [1.165, 1.54) is 31.2 Å². The van der Waals surface area contributed by atoms with Gasteiger partial charge in [0.15, 0.2) is 0 Å². The van der Waals surface area contributed by atoms with E-state index in [1.54, 1.807) is 18.2 Å². The summed E-state index contributed by atoms with van der Waals surface area (Å²) in [6.45, 7) is 2.18. The van der Waals surface area contributed by atoms with Crippen LogP contribution in [0.2, 0.25) is 5.02 Å². The minimum atomic E-state index is -0.287. The van der Waals surface area contributed by atoms with Crippen LogP contribution in [0.25, 0.3) is 0 Å². The van der Waals surface area contributed by atoms with E-state index in [0.717, 1.165) is 31.8 Å². The summed E-state index contributed by atoms with van der Waals surface area (Å²) in [5, 5.41) is 6.01. The van der Waals surface area contributed by atoms with Gasteiger partial charge in [0, 0.05) is 25.3 Å². The van der Waals surface area contributed by atoms with Crippen LogP contribution in [0.15, 0.2) is 48.5 Å². The second-order valence-electron chi connectivity index (χ2n) is 8.66. The Morgan fingerprint density at radius 2 is 1.77 bits per heavy atom. The standard InChI is InChI=1S/C25H30ClN3O2/c26-23-16-21(28-25(31)27-14-12-18-6-2-1-3-7-18)10-11-22(23)24(30)29-15-13-19-8-4-5-9-20(19)17-29/h1-3,6-7,10-11,16,19-20H,4-5,8-9,12-15,17H2,(H2,27,28,31)/t19-,20+/m1/s1. The molecule has 0 bridgehead atoms. The highest BCUT2D eigenvalue weighted by Crippen LogP contribution is 2.36. The number of likely N-dealkylation sites (tertiary alicyclic amines) is 1. The van der Waals surface area contributed by atoms with Crippen LogP contribution in [0, 0.1) is 11.8 Å². The maximum atomic E-state index is 13.0. The summed E-state index contributed by atoms with van der Waals surface area (Å²) < 4.78 is 0. The predicted molar refractivity (Wildman–Crippen MR) is 125 cm³/mol. The lowest BCUT2D eigenvalue weighted by atomic mass is 9.75. The molecule has 1 aliphatic heterocycles. The smallest absolute Gasteiger partial charge is 0.319 e. The van der Waals surface area contributed by atoms with Crippen molar-refractivity contribution >= 4 is 29.2 Å². The van der Waals surface area contributed by atoms with E-state index in [2.05, 4.69) is 10.6 Å². The summed E-state index contributed by atoms with van der Waals surface area (Å²) in [5.41, 5.74) is 2.25. The molecule has 0 aromatic heterocycles. The molecular weight excluding hydrogens is 410 g/mol. The lowest BCUT2D eigenvalue weighted by Gasteiger charge is -2.41. The summed E-state index contributed by atoms with van der Waals surface area (Å²) in [6.07, 6.45) is 7.00. The maximum absolute atomic E-state index is 13.0. The minimum Gasteiger partial charge on any atom is -0.338 e. The zero-order valence-electron chi connectivity index (χ0n) is 17.8. The molecule has 31 heavy (non-hydrogen) atoms. The van der Waals surface area contributed by atoms with Gasteiger partial charge in [0.1, 0.15) is 0 Å². The van der Waals surface area contributed by atoms with Gasteiger partial charge in [-0.15, -0.1) is 0 Å². The topological polar surface area (TPSA) is 61.4 Å². The summed E-state index contributed by atoms with van der Waals surface area (Å²) in [7, 11) is 0. The number of hydrogen-bond acceptors (Lipinski definition) is 2. The van der Waals surface area contributed by atoms with Crippen LogP contribution < -0.4 is 10.6 Å². The molecule has 5 nitrogen and oxygen atoms in total. The Hall–Kier alpha value is -2.53. The fraction of sp³-hybridized carbons (Fsp3) is 0.440. The third-order valence-corrected chi connectivity index (χ3v) is 6.89. The number of amides is 3. The number of anilines is 1. The fourth-order valence-corrected chi connectivity index (χ4v) is 5.12. The van der Waals surface area contributed by atoms with Crippen LogP contribution in [0.3, 0.4) is 0 Å². The first-order valence-corrected chi connectivity index (χ1v) is 11.7. The Bertz CT molecular complexity index is 918. The normalized spacial score (nSPS) is 20.6. The molecule has 1 saturated heterocycles. The Balaban J connectivity index is 1.30. The molecule has 1 aliphatic carbocycles. The molecule has 0 spiro atoms. The van der Waals surface area contributed by atoms with Gasteiger partial charge in [0.25, 0.3) is 5.91 Å². The predicted octanol–water partition coefficient (Wildman–Crippen LogP) is 5.36. The van der Waals surface area contributed by atoms with Crippen LogP contribution in [-0.2, 0) is 6.42 Å². The van der Waals surface area contributed by atoms with Crippen molar-refractivity contribution in [2.75, 3.05) is 25.0 Å². The SMILES string of the molecule is O=C(NCCc1ccccc1)Nc1ccc(C(=O)N2CC[C@H]3CCCC[C@H]3C2)c(Cl)c1. The third-order valence-electron chi connectivity index (χ3n) is 6.58. The van der Waals surface area contributed by atoms with Gasteiger partial charge >= 0.3 is 6.03 Å². The van der Waals surface area contributed by atoms with E-state index in [1.807, 2.05) is 35.2 Å². The second-order valence-corrected chi connectivity index (χ2v) is 9.06. The molecule has 0 radical (unpaired) electrons. The fourth-order valence-electron chi connectivity index (χ4n) is 4.86. The van der Waals surface area contributed by atoms with Crippen molar-refractivity contribution in [3.63, 3.8) is 0 Å². The quantitative estimate of drug-likeness (QED) is 0.659. The number of fused-ring (bicyclic) bond motifs is 1. The minimum absolute atomic E-state index is 0.00659. The third kappa shape index (κ3) is 5.59. The highest BCUT2D eigenvalue weighted by Gasteiger charge is 2.33. The first kappa shape index (κ1) is 21.7. The van der Waals surface area contributed by atoms with E-state index < -0.39 is 0 Å². The highest BCUT2D eigenvalue weighted by molar-refractivity contribution is 6.34. The zero-order chi connectivity index (χ0) is 21.6. The molecule has 164 valence electrons. The lowest BCUT2D eigenvalue weighted by molar-refractivity contribution is 0.0521. The summed E-state index contributed by atoms with van der Waals surface area (Å²) in [4.78, 5) is 27.2. The van der Waals surface area contributed by atoms with Crippen LogP contribution in [0.5, 0.6) is 0 Å². The van der Waals surface area contributed by atoms with E-state index in [0.29, 0.717) is 28.7 Å². The molecular formula is C25H30ClN3O2. The van der Waals surface area contributed by atoms with E-state index >= 15 is 0 Å². The number of rotatable bonds is 5. The number of nitrogens with zero attached hydrogens (tertiary/aromatic N) is 1. The van der Waals surface area contributed by atoms with Crippen molar-refractivity contribution in [1.82, 2.24) is 10.2 Å². The second kappa shape index (κ2) is 10.2. The van der Waals surface area contributed by atoms with Gasteiger partial charge in [-0.2, -0.15) is 0 Å².